The Labute approximate surface area is 124 Å². The summed E-state index contributed by atoms with van der Waals surface area (Å²) in [5.74, 6) is -0.354. The number of phenols is 1. The quantitative estimate of drug-likeness (QED) is 0.875. The monoisotopic (exact) mass is 297 g/mol. The van der Waals surface area contributed by atoms with Crippen LogP contribution in [0.2, 0.25) is 5.02 Å². The van der Waals surface area contributed by atoms with Crippen LogP contribution in [0.5, 0.6) is 5.75 Å². The lowest BCUT2D eigenvalue weighted by Crippen LogP contribution is -2.54. The molecule has 0 aliphatic carbocycles. The van der Waals surface area contributed by atoms with E-state index in [1.54, 1.807) is 6.07 Å². The van der Waals surface area contributed by atoms with Gasteiger partial charge in [-0.1, -0.05) is 11.6 Å². The van der Waals surface area contributed by atoms with E-state index in [1.165, 1.54) is 12.1 Å². The van der Waals surface area contributed by atoms with E-state index in [0.717, 1.165) is 19.6 Å². The van der Waals surface area contributed by atoms with Crippen molar-refractivity contribution in [2.45, 2.75) is 6.04 Å². The van der Waals surface area contributed by atoms with Gasteiger partial charge in [-0.05, 0) is 32.3 Å². The van der Waals surface area contributed by atoms with E-state index in [1.807, 2.05) is 0 Å². The summed E-state index contributed by atoms with van der Waals surface area (Å²) in [4.78, 5) is 16.6. The molecule has 0 radical (unpaired) electrons. The van der Waals surface area contributed by atoms with Crippen LogP contribution in [0.15, 0.2) is 18.2 Å². The van der Waals surface area contributed by atoms with Crippen LogP contribution in [0.4, 0.5) is 0 Å². The van der Waals surface area contributed by atoms with E-state index >= 15 is 0 Å². The van der Waals surface area contributed by atoms with Crippen molar-refractivity contribution in [3.63, 3.8) is 0 Å². The van der Waals surface area contributed by atoms with Crippen molar-refractivity contribution in [2.75, 3.05) is 40.3 Å². The Balaban J connectivity index is 1.96. The Morgan fingerprint density at radius 1 is 1.45 bits per heavy atom. The fraction of sp³-hybridized carbons (Fsp3) is 0.500. The lowest BCUT2D eigenvalue weighted by atomic mass is 10.1. The molecular formula is C14H20ClN3O2. The predicted octanol–water partition coefficient (Wildman–Crippen LogP) is 1.02. The van der Waals surface area contributed by atoms with Crippen molar-refractivity contribution in [1.82, 2.24) is 15.1 Å². The Morgan fingerprint density at radius 2 is 2.20 bits per heavy atom. The average molecular weight is 298 g/mol. The number of benzene rings is 1. The van der Waals surface area contributed by atoms with E-state index in [4.69, 9.17) is 11.6 Å². The number of hydrogen-bond acceptors (Lipinski definition) is 4. The second kappa shape index (κ2) is 6.43. The van der Waals surface area contributed by atoms with Crippen molar-refractivity contribution in [1.29, 1.82) is 0 Å². The maximum Gasteiger partial charge on any atom is 0.255 e. The molecule has 1 aliphatic heterocycles. The van der Waals surface area contributed by atoms with Crippen LogP contribution in [0.1, 0.15) is 10.4 Å². The number of halogens is 1. The summed E-state index contributed by atoms with van der Waals surface area (Å²) < 4.78 is 0. The topological polar surface area (TPSA) is 55.8 Å². The minimum atomic E-state index is -0.299. The molecule has 0 saturated carbocycles. The number of piperazine rings is 1. The molecule has 1 unspecified atom stereocenters. The molecule has 1 atom stereocenters. The summed E-state index contributed by atoms with van der Waals surface area (Å²) in [6.45, 7) is 3.49. The van der Waals surface area contributed by atoms with E-state index in [0.29, 0.717) is 11.6 Å². The SMILES string of the molecule is CN1CCN(C)C(CNC(=O)c2cc(Cl)ccc2O)C1. The standard InChI is InChI=1S/C14H20ClN3O2/c1-17-5-6-18(2)11(9-17)8-16-14(20)12-7-10(15)3-4-13(12)19/h3-4,7,11,19H,5-6,8-9H2,1-2H3,(H,16,20). The molecule has 2 rings (SSSR count). The third-order valence-corrected chi connectivity index (χ3v) is 3.92. The van der Waals surface area contributed by atoms with Gasteiger partial charge in [0, 0.05) is 37.2 Å². The van der Waals surface area contributed by atoms with Crippen LogP contribution in [0.25, 0.3) is 0 Å². The fourth-order valence-corrected chi connectivity index (χ4v) is 2.49. The van der Waals surface area contributed by atoms with Gasteiger partial charge in [-0.3, -0.25) is 9.69 Å². The number of amides is 1. The first-order valence-electron chi connectivity index (χ1n) is 6.63. The molecule has 1 aromatic carbocycles. The molecule has 1 fully saturated rings. The number of aromatic hydroxyl groups is 1. The van der Waals surface area contributed by atoms with E-state index in [-0.39, 0.29) is 23.3 Å². The van der Waals surface area contributed by atoms with Gasteiger partial charge in [0.05, 0.1) is 5.56 Å². The minimum Gasteiger partial charge on any atom is -0.507 e. The zero-order chi connectivity index (χ0) is 14.7. The Hall–Kier alpha value is -1.30. The molecule has 20 heavy (non-hydrogen) atoms. The van der Waals surface area contributed by atoms with Gasteiger partial charge < -0.3 is 15.3 Å². The van der Waals surface area contributed by atoms with E-state index < -0.39 is 0 Å². The number of carbonyl (C=O) groups is 1. The van der Waals surface area contributed by atoms with Gasteiger partial charge in [0.1, 0.15) is 5.75 Å². The molecule has 1 saturated heterocycles. The van der Waals surface area contributed by atoms with E-state index in [2.05, 4.69) is 29.2 Å². The van der Waals surface area contributed by atoms with Gasteiger partial charge in [-0.2, -0.15) is 0 Å². The summed E-state index contributed by atoms with van der Waals surface area (Å²) in [7, 11) is 4.13. The van der Waals surface area contributed by atoms with Crippen LogP contribution >= 0.6 is 11.6 Å². The maximum atomic E-state index is 12.1. The summed E-state index contributed by atoms with van der Waals surface area (Å²) in [5, 5.41) is 13.0. The van der Waals surface area contributed by atoms with Gasteiger partial charge >= 0.3 is 0 Å². The van der Waals surface area contributed by atoms with Crippen LogP contribution in [0.3, 0.4) is 0 Å². The minimum absolute atomic E-state index is 0.0546. The second-order valence-electron chi connectivity index (χ2n) is 5.27. The van der Waals surface area contributed by atoms with Crippen molar-refractivity contribution in [3.05, 3.63) is 28.8 Å². The maximum absolute atomic E-state index is 12.1. The summed E-state index contributed by atoms with van der Waals surface area (Å²) >= 11 is 5.85. The van der Waals surface area contributed by atoms with Crippen LogP contribution in [0, 0.1) is 0 Å². The molecule has 6 heteroatoms. The first kappa shape index (κ1) is 15.1. The number of hydrogen-bond donors (Lipinski definition) is 2. The number of phenolic OH excluding ortho intramolecular Hbond substituents is 1. The van der Waals surface area contributed by atoms with Gasteiger partial charge in [-0.15, -0.1) is 0 Å². The van der Waals surface area contributed by atoms with Gasteiger partial charge in [0.2, 0.25) is 0 Å². The molecule has 1 heterocycles. The van der Waals surface area contributed by atoms with Crippen molar-refractivity contribution < 1.29 is 9.90 Å². The summed E-state index contributed by atoms with van der Waals surface area (Å²) in [6, 6.07) is 4.73. The van der Waals surface area contributed by atoms with Crippen molar-refractivity contribution >= 4 is 17.5 Å². The Kier molecular flexibility index (Phi) is 4.86. The summed E-state index contributed by atoms with van der Waals surface area (Å²) in [6.07, 6.45) is 0. The smallest absolute Gasteiger partial charge is 0.255 e. The lowest BCUT2D eigenvalue weighted by molar-refractivity contribution is 0.0879. The molecule has 1 amide bonds. The van der Waals surface area contributed by atoms with E-state index in [9.17, 15) is 9.90 Å². The highest BCUT2D eigenvalue weighted by Crippen LogP contribution is 2.21. The highest BCUT2D eigenvalue weighted by molar-refractivity contribution is 6.31. The van der Waals surface area contributed by atoms with Crippen LogP contribution in [-0.2, 0) is 0 Å². The zero-order valence-electron chi connectivity index (χ0n) is 11.8. The molecule has 0 spiro atoms. The third kappa shape index (κ3) is 3.62. The summed E-state index contributed by atoms with van der Waals surface area (Å²) in [5.41, 5.74) is 0.212. The molecular weight excluding hydrogens is 278 g/mol. The molecule has 0 bridgehead atoms. The molecule has 0 aromatic heterocycles. The highest BCUT2D eigenvalue weighted by atomic mass is 35.5. The Morgan fingerprint density at radius 3 is 2.95 bits per heavy atom. The van der Waals surface area contributed by atoms with Gasteiger partial charge in [0.15, 0.2) is 0 Å². The Bertz CT molecular complexity index is 495. The fourth-order valence-electron chi connectivity index (χ4n) is 2.32. The average Bonchev–Trinajstić information content (AvgIpc) is 2.42. The largest absolute Gasteiger partial charge is 0.507 e. The molecule has 1 aliphatic rings. The predicted molar refractivity (Wildman–Crippen MR) is 79.4 cm³/mol. The molecule has 5 nitrogen and oxygen atoms in total. The molecule has 2 N–H and O–H groups in total. The first-order chi connectivity index (χ1) is 9.47. The first-order valence-corrected chi connectivity index (χ1v) is 7.00. The normalized spacial score (nSPS) is 20.9. The lowest BCUT2D eigenvalue weighted by Gasteiger charge is -2.37. The second-order valence-corrected chi connectivity index (χ2v) is 5.70. The van der Waals surface area contributed by atoms with Crippen molar-refractivity contribution in [3.8, 4) is 5.75 Å². The van der Waals surface area contributed by atoms with Crippen LogP contribution < -0.4 is 5.32 Å². The zero-order valence-corrected chi connectivity index (χ0v) is 12.5. The van der Waals surface area contributed by atoms with Crippen molar-refractivity contribution in [2.24, 2.45) is 0 Å². The van der Waals surface area contributed by atoms with Gasteiger partial charge in [0.25, 0.3) is 5.91 Å². The van der Waals surface area contributed by atoms with Gasteiger partial charge in [-0.25, -0.2) is 0 Å². The third-order valence-electron chi connectivity index (χ3n) is 3.68. The number of carbonyl (C=O) groups excluding carboxylic acids is 1. The molecule has 1 aromatic rings. The number of rotatable bonds is 3. The van der Waals surface area contributed by atoms with Crippen LogP contribution in [-0.4, -0.2) is 67.1 Å². The highest BCUT2D eigenvalue weighted by Gasteiger charge is 2.23. The number of likely N-dealkylation sites (N-methyl/N-ethyl adjacent to an activating group) is 2. The number of nitrogens with zero attached hydrogens (tertiary/aromatic N) is 2. The number of nitrogens with one attached hydrogen (secondary N) is 1. The molecule has 110 valence electrons.